The molecule has 0 unspecified atom stereocenters. The number of hydrogen-bond acceptors (Lipinski definition) is 3. The number of furan rings is 1. The molecule has 0 atom stereocenters. The van der Waals surface area contributed by atoms with Crippen molar-refractivity contribution in [2.45, 2.75) is 39.2 Å². The molecule has 3 heteroatoms. The van der Waals surface area contributed by atoms with Gasteiger partial charge in [-0.05, 0) is 49.9 Å². The standard InChI is InChI=1S/C13H23NOS/c1-12-7-9-15-13(12)11-14-8-5-3-4-6-10-16-2/h7,9,14H,3-6,8,10-11H2,1-2H3. The lowest BCUT2D eigenvalue weighted by molar-refractivity contribution is 0.475. The number of rotatable bonds is 9. The molecule has 1 N–H and O–H groups in total. The largest absolute Gasteiger partial charge is 0.468 e. The van der Waals surface area contributed by atoms with E-state index in [9.17, 15) is 0 Å². The minimum atomic E-state index is 0.865. The van der Waals surface area contributed by atoms with Gasteiger partial charge in [-0.25, -0.2) is 0 Å². The van der Waals surface area contributed by atoms with Crippen molar-refractivity contribution in [3.63, 3.8) is 0 Å². The summed E-state index contributed by atoms with van der Waals surface area (Å²) < 4.78 is 5.36. The summed E-state index contributed by atoms with van der Waals surface area (Å²) in [7, 11) is 0. The van der Waals surface area contributed by atoms with Crippen molar-refractivity contribution in [3.05, 3.63) is 23.7 Å². The highest BCUT2D eigenvalue weighted by molar-refractivity contribution is 7.98. The van der Waals surface area contributed by atoms with Gasteiger partial charge in [0.1, 0.15) is 5.76 Å². The maximum Gasteiger partial charge on any atom is 0.120 e. The normalized spacial score (nSPS) is 10.9. The zero-order chi connectivity index (χ0) is 11.6. The molecule has 0 spiro atoms. The Morgan fingerprint density at radius 2 is 2.06 bits per heavy atom. The Hall–Kier alpha value is -0.410. The molecule has 0 amide bonds. The molecule has 0 aliphatic heterocycles. The molecule has 0 saturated heterocycles. The molecule has 2 nitrogen and oxygen atoms in total. The minimum Gasteiger partial charge on any atom is -0.468 e. The highest BCUT2D eigenvalue weighted by Gasteiger charge is 1.99. The second kappa shape index (κ2) is 8.71. The first kappa shape index (κ1) is 13.7. The molecule has 0 bridgehead atoms. The van der Waals surface area contributed by atoms with Crippen LogP contribution in [-0.2, 0) is 6.54 Å². The second-order valence-electron chi connectivity index (χ2n) is 4.11. The van der Waals surface area contributed by atoms with Crippen LogP contribution in [0.1, 0.15) is 37.0 Å². The van der Waals surface area contributed by atoms with Crippen molar-refractivity contribution in [1.29, 1.82) is 0 Å². The topological polar surface area (TPSA) is 25.2 Å². The van der Waals surface area contributed by atoms with E-state index in [0.717, 1.165) is 18.8 Å². The van der Waals surface area contributed by atoms with E-state index in [0.29, 0.717) is 0 Å². The van der Waals surface area contributed by atoms with Crippen LogP contribution >= 0.6 is 11.8 Å². The van der Waals surface area contributed by atoms with Gasteiger partial charge in [0, 0.05) is 0 Å². The Bertz CT molecular complexity index is 273. The molecule has 0 aliphatic carbocycles. The number of hydrogen-bond donors (Lipinski definition) is 1. The lowest BCUT2D eigenvalue weighted by Gasteiger charge is -2.03. The number of nitrogens with one attached hydrogen (secondary N) is 1. The van der Waals surface area contributed by atoms with Gasteiger partial charge in [-0.2, -0.15) is 11.8 Å². The third-order valence-corrected chi connectivity index (χ3v) is 3.40. The predicted octanol–water partition coefficient (Wildman–Crippen LogP) is 3.60. The summed E-state index contributed by atoms with van der Waals surface area (Å²) in [6.07, 6.45) is 9.27. The summed E-state index contributed by atoms with van der Waals surface area (Å²) >= 11 is 1.94. The Labute approximate surface area is 103 Å². The summed E-state index contributed by atoms with van der Waals surface area (Å²) in [6.45, 7) is 4.05. The molecule has 1 rings (SSSR count). The number of thioether (sulfide) groups is 1. The van der Waals surface area contributed by atoms with E-state index in [1.807, 2.05) is 17.8 Å². The smallest absolute Gasteiger partial charge is 0.120 e. The minimum absolute atomic E-state index is 0.865. The first-order chi connectivity index (χ1) is 7.84. The summed E-state index contributed by atoms with van der Waals surface area (Å²) in [5.41, 5.74) is 1.24. The molecular formula is C13H23NOS. The van der Waals surface area contributed by atoms with E-state index in [1.165, 1.54) is 37.0 Å². The van der Waals surface area contributed by atoms with Gasteiger partial charge in [0.25, 0.3) is 0 Å². The third-order valence-electron chi connectivity index (χ3n) is 2.71. The summed E-state index contributed by atoms with van der Waals surface area (Å²) in [5.74, 6) is 2.38. The van der Waals surface area contributed by atoms with E-state index in [1.54, 1.807) is 6.26 Å². The molecular weight excluding hydrogens is 218 g/mol. The van der Waals surface area contributed by atoms with Crippen LogP contribution < -0.4 is 5.32 Å². The van der Waals surface area contributed by atoms with E-state index >= 15 is 0 Å². The molecule has 0 fully saturated rings. The van der Waals surface area contributed by atoms with Crippen molar-refractivity contribution < 1.29 is 4.42 Å². The fraction of sp³-hybridized carbons (Fsp3) is 0.692. The van der Waals surface area contributed by atoms with Crippen molar-refractivity contribution in [2.75, 3.05) is 18.6 Å². The molecule has 0 aliphatic rings. The summed E-state index contributed by atoms with van der Waals surface area (Å²) in [5, 5.41) is 3.42. The average Bonchev–Trinajstić information content (AvgIpc) is 2.68. The monoisotopic (exact) mass is 241 g/mol. The Morgan fingerprint density at radius 3 is 2.75 bits per heavy atom. The van der Waals surface area contributed by atoms with Gasteiger partial charge in [0.15, 0.2) is 0 Å². The molecule has 0 aromatic carbocycles. The van der Waals surface area contributed by atoms with Crippen molar-refractivity contribution >= 4 is 11.8 Å². The summed E-state index contributed by atoms with van der Waals surface area (Å²) in [4.78, 5) is 0. The van der Waals surface area contributed by atoms with Crippen molar-refractivity contribution in [2.24, 2.45) is 0 Å². The van der Waals surface area contributed by atoms with Crippen LogP contribution in [0.15, 0.2) is 16.7 Å². The van der Waals surface area contributed by atoms with Crippen molar-refractivity contribution in [3.8, 4) is 0 Å². The molecule has 16 heavy (non-hydrogen) atoms. The highest BCUT2D eigenvalue weighted by atomic mass is 32.2. The van der Waals surface area contributed by atoms with Crippen LogP contribution in [-0.4, -0.2) is 18.6 Å². The number of unbranched alkanes of at least 4 members (excludes halogenated alkanes) is 3. The molecule has 1 heterocycles. The zero-order valence-electron chi connectivity index (χ0n) is 10.4. The van der Waals surface area contributed by atoms with Crippen LogP contribution in [0.2, 0.25) is 0 Å². The maximum atomic E-state index is 5.36. The third kappa shape index (κ3) is 5.61. The predicted molar refractivity (Wildman–Crippen MR) is 72.0 cm³/mol. The summed E-state index contributed by atoms with van der Waals surface area (Å²) in [6, 6.07) is 2.01. The Balaban J connectivity index is 1.91. The van der Waals surface area contributed by atoms with Gasteiger partial charge < -0.3 is 9.73 Å². The maximum absolute atomic E-state index is 5.36. The molecule has 0 saturated carbocycles. The van der Waals surface area contributed by atoms with Gasteiger partial charge in [-0.3, -0.25) is 0 Å². The SMILES string of the molecule is CSCCCCCCNCc1occc1C. The zero-order valence-corrected chi connectivity index (χ0v) is 11.2. The van der Waals surface area contributed by atoms with Crippen LogP contribution in [0, 0.1) is 6.92 Å². The molecule has 0 radical (unpaired) electrons. The van der Waals surface area contributed by atoms with Crippen LogP contribution in [0.3, 0.4) is 0 Å². The molecule has 1 aromatic rings. The van der Waals surface area contributed by atoms with E-state index in [-0.39, 0.29) is 0 Å². The van der Waals surface area contributed by atoms with Crippen molar-refractivity contribution in [1.82, 2.24) is 5.32 Å². The lowest BCUT2D eigenvalue weighted by Crippen LogP contribution is -2.14. The van der Waals surface area contributed by atoms with Gasteiger partial charge in [0.2, 0.25) is 0 Å². The lowest BCUT2D eigenvalue weighted by atomic mass is 10.2. The first-order valence-corrected chi connectivity index (χ1v) is 7.46. The Morgan fingerprint density at radius 1 is 1.25 bits per heavy atom. The van der Waals surface area contributed by atoms with E-state index in [2.05, 4.69) is 18.5 Å². The quantitative estimate of drug-likeness (QED) is 0.669. The van der Waals surface area contributed by atoms with Crippen LogP contribution in [0.5, 0.6) is 0 Å². The highest BCUT2D eigenvalue weighted by Crippen LogP contribution is 2.08. The fourth-order valence-electron chi connectivity index (χ4n) is 1.64. The van der Waals surface area contributed by atoms with Crippen LogP contribution in [0.4, 0.5) is 0 Å². The van der Waals surface area contributed by atoms with Crippen LogP contribution in [0.25, 0.3) is 0 Å². The van der Waals surface area contributed by atoms with Gasteiger partial charge in [0.05, 0.1) is 12.8 Å². The molecule has 1 aromatic heterocycles. The van der Waals surface area contributed by atoms with E-state index in [4.69, 9.17) is 4.42 Å². The average molecular weight is 241 g/mol. The molecule has 92 valence electrons. The van der Waals surface area contributed by atoms with Gasteiger partial charge in [-0.15, -0.1) is 0 Å². The van der Waals surface area contributed by atoms with Gasteiger partial charge >= 0.3 is 0 Å². The Kier molecular flexibility index (Phi) is 7.43. The second-order valence-corrected chi connectivity index (χ2v) is 5.10. The fourth-order valence-corrected chi connectivity index (χ4v) is 2.13. The number of aryl methyl sites for hydroxylation is 1. The van der Waals surface area contributed by atoms with Gasteiger partial charge in [-0.1, -0.05) is 12.8 Å². The van der Waals surface area contributed by atoms with E-state index < -0.39 is 0 Å². The first-order valence-electron chi connectivity index (χ1n) is 6.07.